The normalized spacial score (nSPS) is 12.9. The van der Waals surface area contributed by atoms with Crippen molar-refractivity contribution in [2.45, 2.75) is 0 Å². The lowest BCUT2D eigenvalue weighted by Gasteiger charge is -2.16. The molecule has 0 aliphatic carbocycles. The molecule has 7 nitrogen and oxygen atoms in total. The molecule has 3 rings (SSSR count). The summed E-state index contributed by atoms with van der Waals surface area (Å²) in [6, 6.07) is 12.2. The number of para-hydroxylation sites is 1. The third-order valence-electron chi connectivity index (χ3n) is 3.57. The number of hydrogen-bond acceptors (Lipinski definition) is 4. The summed E-state index contributed by atoms with van der Waals surface area (Å²) in [5.41, 5.74) is 0.988. The Morgan fingerprint density at radius 3 is 2.54 bits per heavy atom. The van der Waals surface area contributed by atoms with Crippen LogP contribution in [0.15, 0.2) is 48.5 Å². The maximum absolute atomic E-state index is 12.1. The van der Waals surface area contributed by atoms with Gasteiger partial charge in [-0.3, -0.25) is 19.3 Å². The van der Waals surface area contributed by atoms with E-state index in [2.05, 4.69) is 5.32 Å². The van der Waals surface area contributed by atoms with Gasteiger partial charge in [-0.25, -0.2) is 4.79 Å². The van der Waals surface area contributed by atoms with Gasteiger partial charge in [0, 0.05) is 5.69 Å². The molecule has 7 heteroatoms. The van der Waals surface area contributed by atoms with Crippen LogP contribution in [0.4, 0.5) is 11.4 Å². The molecular formula is C17H12N2O5. The highest BCUT2D eigenvalue weighted by atomic mass is 16.4. The first-order valence-electron chi connectivity index (χ1n) is 7.06. The Morgan fingerprint density at radius 2 is 1.79 bits per heavy atom. The van der Waals surface area contributed by atoms with E-state index in [4.69, 9.17) is 5.11 Å². The summed E-state index contributed by atoms with van der Waals surface area (Å²) >= 11 is 0. The molecule has 0 saturated carbocycles. The molecule has 0 radical (unpaired) electrons. The lowest BCUT2D eigenvalue weighted by Crippen LogP contribution is -2.37. The number of benzene rings is 2. The minimum absolute atomic E-state index is 0.0329. The van der Waals surface area contributed by atoms with Crippen LogP contribution in [0.5, 0.6) is 0 Å². The van der Waals surface area contributed by atoms with Crippen LogP contribution in [0.1, 0.15) is 20.7 Å². The van der Waals surface area contributed by atoms with E-state index >= 15 is 0 Å². The van der Waals surface area contributed by atoms with Crippen molar-refractivity contribution in [1.29, 1.82) is 0 Å². The fourth-order valence-corrected chi connectivity index (χ4v) is 2.48. The second kappa shape index (κ2) is 5.96. The Kier molecular flexibility index (Phi) is 3.83. The molecule has 0 atom stereocenters. The van der Waals surface area contributed by atoms with Crippen LogP contribution in [0.2, 0.25) is 0 Å². The Bertz CT molecular complexity index is 875. The Hall–Kier alpha value is -3.48. The molecule has 2 N–H and O–H groups in total. The number of aromatic carboxylic acids is 1. The van der Waals surface area contributed by atoms with E-state index in [0.29, 0.717) is 11.4 Å². The molecule has 0 spiro atoms. The zero-order valence-electron chi connectivity index (χ0n) is 12.4. The number of nitrogens with one attached hydrogen (secondary N) is 1. The molecule has 1 heterocycles. The van der Waals surface area contributed by atoms with Crippen LogP contribution in [-0.4, -0.2) is 35.2 Å². The van der Waals surface area contributed by atoms with Gasteiger partial charge < -0.3 is 10.4 Å². The lowest BCUT2D eigenvalue weighted by molar-refractivity contribution is -0.118. The maximum Gasteiger partial charge on any atom is 0.335 e. The second-order valence-corrected chi connectivity index (χ2v) is 5.17. The Labute approximate surface area is 136 Å². The second-order valence-electron chi connectivity index (χ2n) is 5.17. The fraction of sp³-hybridized carbons (Fsp3) is 0.0588. The van der Waals surface area contributed by atoms with E-state index in [1.54, 1.807) is 18.2 Å². The van der Waals surface area contributed by atoms with Gasteiger partial charge in [-0.15, -0.1) is 0 Å². The number of Topliss-reactive ketones (excluding diaryl/α,β-unsaturated/α-hetero) is 1. The number of carboxylic acid groups (broad SMARTS) is 1. The number of carbonyl (C=O) groups excluding carboxylic acids is 3. The predicted octanol–water partition coefficient (Wildman–Crippen LogP) is 1.55. The van der Waals surface area contributed by atoms with Gasteiger partial charge >= 0.3 is 5.97 Å². The summed E-state index contributed by atoms with van der Waals surface area (Å²) in [7, 11) is 0. The number of hydrogen-bond donors (Lipinski definition) is 2. The van der Waals surface area contributed by atoms with Crippen molar-refractivity contribution in [2.24, 2.45) is 0 Å². The molecule has 120 valence electrons. The summed E-state index contributed by atoms with van der Waals surface area (Å²) in [6.07, 6.45) is 0. The molecule has 24 heavy (non-hydrogen) atoms. The molecule has 0 saturated heterocycles. The number of carbonyl (C=O) groups is 4. The van der Waals surface area contributed by atoms with Crippen LogP contribution in [0.3, 0.4) is 0 Å². The largest absolute Gasteiger partial charge is 0.478 e. The highest BCUT2D eigenvalue weighted by Gasteiger charge is 2.36. The third kappa shape index (κ3) is 2.74. The summed E-state index contributed by atoms with van der Waals surface area (Å²) in [4.78, 5) is 48.1. The van der Waals surface area contributed by atoms with Crippen molar-refractivity contribution >= 4 is 34.9 Å². The first-order chi connectivity index (χ1) is 11.5. The van der Waals surface area contributed by atoms with Gasteiger partial charge in [0.2, 0.25) is 5.91 Å². The lowest BCUT2D eigenvalue weighted by atomic mass is 10.1. The number of fused-ring (bicyclic) bond motifs is 1. The molecule has 1 aliphatic rings. The SMILES string of the molecule is O=C(CN1C(=O)C(=O)c2ccccc21)Nc1cccc(C(=O)O)c1. The van der Waals surface area contributed by atoms with Crippen LogP contribution >= 0.6 is 0 Å². The van der Waals surface area contributed by atoms with Crippen LogP contribution in [0, 0.1) is 0 Å². The first-order valence-corrected chi connectivity index (χ1v) is 7.06. The van der Waals surface area contributed by atoms with Crippen molar-refractivity contribution < 1.29 is 24.3 Å². The van der Waals surface area contributed by atoms with E-state index in [1.807, 2.05) is 0 Å². The van der Waals surface area contributed by atoms with Gasteiger partial charge in [-0.1, -0.05) is 18.2 Å². The van der Waals surface area contributed by atoms with Crippen molar-refractivity contribution in [2.75, 3.05) is 16.8 Å². The van der Waals surface area contributed by atoms with Crippen molar-refractivity contribution in [1.82, 2.24) is 0 Å². The Balaban J connectivity index is 1.76. The molecule has 0 aromatic heterocycles. The van der Waals surface area contributed by atoms with E-state index in [0.717, 1.165) is 4.90 Å². The van der Waals surface area contributed by atoms with E-state index < -0.39 is 23.6 Å². The van der Waals surface area contributed by atoms with Gasteiger partial charge in [0.15, 0.2) is 0 Å². The molecule has 0 bridgehead atoms. The molecule has 2 aromatic carbocycles. The molecule has 2 aromatic rings. The van der Waals surface area contributed by atoms with Gasteiger partial charge in [0.1, 0.15) is 6.54 Å². The first kappa shape index (κ1) is 15.4. The Morgan fingerprint density at radius 1 is 1.04 bits per heavy atom. The highest BCUT2D eigenvalue weighted by molar-refractivity contribution is 6.52. The van der Waals surface area contributed by atoms with Crippen molar-refractivity contribution in [3.8, 4) is 0 Å². The fourth-order valence-electron chi connectivity index (χ4n) is 2.48. The van der Waals surface area contributed by atoms with Crippen LogP contribution < -0.4 is 10.2 Å². The van der Waals surface area contributed by atoms with Crippen molar-refractivity contribution in [3.63, 3.8) is 0 Å². The maximum atomic E-state index is 12.1. The predicted molar refractivity (Wildman–Crippen MR) is 85.2 cm³/mol. The smallest absolute Gasteiger partial charge is 0.335 e. The molecule has 1 aliphatic heterocycles. The summed E-state index contributed by atoms with van der Waals surface area (Å²) < 4.78 is 0. The van der Waals surface area contributed by atoms with E-state index in [1.165, 1.54) is 30.3 Å². The number of amides is 2. The monoisotopic (exact) mass is 324 g/mol. The van der Waals surface area contributed by atoms with Crippen LogP contribution in [-0.2, 0) is 9.59 Å². The highest BCUT2D eigenvalue weighted by Crippen LogP contribution is 2.28. The minimum Gasteiger partial charge on any atom is -0.478 e. The summed E-state index contributed by atoms with van der Waals surface area (Å²) in [6.45, 7) is -0.334. The standard InChI is InChI=1S/C17H12N2O5/c20-14(18-11-5-3-4-10(8-11)17(23)24)9-19-13-7-2-1-6-12(13)15(21)16(19)22/h1-8H,9H2,(H,18,20)(H,23,24). The average Bonchev–Trinajstić information content (AvgIpc) is 2.80. The number of ketones is 1. The van der Waals surface area contributed by atoms with Gasteiger partial charge in [-0.05, 0) is 30.3 Å². The quantitative estimate of drug-likeness (QED) is 0.831. The van der Waals surface area contributed by atoms with Crippen LogP contribution in [0.25, 0.3) is 0 Å². The number of carboxylic acids is 1. The van der Waals surface area contributed by atoms with E-state index in [9.17, 15) is 19.2 Å². The molecule has 2 amide bonds. The van der Waals surface area contributed by atoms with Gasteiger partial charge in [0.25, 0.3) is 11.7 Å². The summed E-state index contributed by atoms with van der Waals surface area (Å²) in [5.74, 6) is -3.05. The number of rotatable bonds is 4. The molecule has 0 unspecified atom stereocenters. The third-order valence-corrected chi connectivity index (χ3v) is 3.57. The zero-order valence-corrected chi connectivity index (χ0v) is 12.4. The average molecular weight is 324 g/mol. The van der Waals surface area contributed by atoms with Gasteiger partial charge in [-0.2, -0.15) is 0 Å². The minimum atomic E-state index is -1.11. The topological polar surface area (TPSA) is 104 Å². The summed E-state index contributed by atoms with van der Waals surface area (Å²) in [5, 5.41) is 11.5. The zero-order chi connectivity index (χ0) is 17.3. The van der Waals surface area contributed by atoms with Crippen molar-refractivity contribution in [3.05, 3.63) is 59.7 Å². The molecular weight excluding hydrogens is 312 g/mol. The van der Waals surface area contributed by atoms with Gasteiger partial charge in [0.05, 0.1) is 16.8 Å². The number of nitrogens with zero attached hydrogens (tertiary/aromatic N) is 1. The number of anilines is 2. The molecule has 0 fully saturated rings. The van der Waals surface area contributed by atoms with E-state index in [-0.39, 0.29) is 17.7 Å².